The van der Waals surface area contributed by atoms with E-state index in [-0.39, 0.29) is 21.9 Å². The molecule has 1 aliphatic carbocycles. The average molecular weight is 520 g/mol. The lowest BCUT2D eigenvalue weighted by molar-refractivity contribution is 0.0937. The molecular weight excluding hydrogens is 493 g/mol. The number of fused-ring (bicyclic) bond motifs is 1. The highest BCUT2D eigenvalue weighted by molar-refractivity contribution is 8.00. The summed E-state index contributed by atoms with van der Waals surface area (Å²) in [6.45, 7) is 1.76. The molecule has 1 saturated carbocycles. The molecule has 0 radical (unpaired) electrons. The summed E-state index contributed by atoms with van der Waals surface area (Å²) in [6.07, 6.45) is 8.88. The summed E-state index contributed by atoms with van der Waals surface area (Å²) in [6, 6.07) is 3.72. The summed E-state index contributed by atoms with van der Waals surface area (Å²) in [7, 11) is -3.52. The summed E-state index contributed by atoms with van der Waals surface area (Å²) in [5.74, 6) is 0.0319. The minimum atomic E-state index is -3.52. The lowest BCUT2D eigenvalue weighted by atomic mass is 10.1. The van der Waals surface area contributed by atoms with Crippen molar-refractivity contribution in [2.24, 2.45) is 5.92 Å². The average Bonchev–Trinajstić information content (AvgIpc) is 3.55. The van der Waals surface area contributed by atoms with Gasteiger partial charge < -0.3 is 9.64 Å². The number of aromatic nitrogens is 4. The molecule has 12 heteroatoms. The van der Waals surface area contributed by atoms with Crippen LogP contribution in [0.2, 0.25) is 0 Å². The number of halogens is 1. The second kappa shape index (κ2) is 9.73. The monoisotopic (exact) mass is 519 g/mol. The van der Waals surface area contributed by atoms with E-state index < -0.39 is 15.7 Å². The number of carbonyl (C=O) groups excluding carboxylic acids is 1. The topological polar surface area (TPSA) is 107 Å². The van der Waals surface area contributed by atoms with Gasteiger partial charge in [0.1, 0.15) is 22.9 Å². The molecule has 2 aliphatic rings. The number of sulfone groups is 1. The Hall–Kier alpha value is -2.73. The molecule has 9 nitrogen and oxygen atoms in total. The Bertz CT molecular complexity index is 1350. The number of hydrogen-bond acceptors (Lipinski definition) is 8. The molecular formula is C23H26FN5O4S2. The van der Waals surface area contributed by atoms with Gasteiger partial charge in [-0.25, -0.2) is 32.3 Å². The van der Waals surface area contributed by atoms with E-state index in [9.17, 15) is 17.6 Å². The summed E-state index contributed by atoms with van der Waals surface area (Å²) in [5, 5.41) is 5.98. The molecule has 2 aromatic heterocycles. The Kier molecular flexibility index (Phi) is 6.67. The number of carbonyl (C=O) groups is 1. The van der Waals surface area contributed by atoms with Crippen molar-refractivity contribution >= 4 is 38.7 Å². The first-order valence-corrected chi connectivity index (χ1v) is 14.3. The molecule has 0 N–H and O–H groups in total. The maximum atomic E-state index is 14.8. The van der Waals surface area contributed by atoms with E-state index in [0.717, 1.165) is 42.5 Å². The Morgan fingerprint density at radius 2 is 1.97 bits per heavy atom. The molecule has 1 saturated heterocycles. The van der Waals surface area contributed by atoms with E-state index in [4.69, 9.17) is 4.74 Å². The van der Waals surface area contributed by atoms with E-state index in [1.54, 1.807) is 22.9 Å². The fourth-order valence-corrected chi connectivity index (χ4v) is 5.88. The molecule has 0 spiro atoms. The van der Waals surface area contributed by atoms with Crippen LogP contribution in [-0.2, 0) is 14.6 Å². The predicted octanol–water partition coefficient (Wildman–Crippen LogP) is 3.85. The van der Waals surface area contributed by atoms with Crippen LogP contribution in [0.5, 0.6) is 0 Å². The molecule has 3 aromatic rings. The number of piperidine rings is 1. The van der Waals surface area contributed by atoms with Crippen molar-refractivity contribution in [3.05, 3.63) is 36.5 Å². The van der Waals surface area contributed by atoms with Gasteiger partial charge in [-0.1, -0.05) is 12.8 Å². The lowest BCUT2D eigenvalue weighted by Gasteiger charge is -2.30. The number of ether oxygens (including phenoxy) is 1. The molecule has 1 amide bonds. The molecule has 5 rings (SSSR count). The highest BCUT2D eigenvalue weighted by Gasteiger charge is 2.27. The second-order valence-corrected chi connectivity index (χ2v) is 12.3. The largest absolute Gasteiger partial charge is 0.449 e. The van der Waals surface area contributed by atoms with Gasteiger partial charge in [0, 0.05) is 24.6 Å². The SMILES string of the molecule is CS(=O)(=O)c1ccc(-n2ncc3c(SC4CCN(C(=O)OCCC5CC5)CC4)ncnc32)c(F)c1. The zero-order valence-electron chi connectivity index (χ0n) is 19.3. The first-order valence-electron chi connectivity index (χ1n) is 11.6. The van der Waals surface area contributed by atoms with Gasteiger partial charge in [-0.3, -0.25) is 0 Å². The number of rotatable bonds is 7. The molecule has 0 bridgehead atoms. The number of hydrogen-bond donors (Lipinski definition) is 0. The van der Waals surface area contributed by atoms with Gasteiger partial charge in [-0.15, -0.1) is 11.8 Å². The van der Waals surface area contributed by atoms with Crippen molar-refractivity contribution in [2.75, 3.05) is 26.0 Å². The zero-order valence-corrected chi connectivity index (χ0v) is 20.9. The first kappa shape index (κ1) is 24.0. The van der Waals surface area contributed by atoms with Crippen molar-refractivity contribution in [3.63, 3.8) is 0 Å². The van der Waals surface area contributed by atoms with Crippen molar-refractivity contribution in [2.45, 2.75) is 47.3 Å². The number of amides is 1. The van der Waals surface area contributed by atoms with Crippen LogP contribution in [0.25, 0.3) is 16.7 Å². The number of benzene rings is 1. The molecule has 3 heterocycles. The smallest absolute Gasteiger partial charge is 0.409 e. The Balaban J connectivity index is 1.26. The van der Waals surface area contributed by atoms with E-state index in [1.165, 1.54) is 36.0 Å². The Morgan fingerprint density at radius 3 is 2.66 bits per heavy atom. The Labute approximate surface area is 207 Å². The van der Waals surface area contributed by atoms with Crippen LogP contribution in [0.1, 0.15) is 32.1 Å². The van der Waals surface area contributed by atoms with E-state index >= 15 is 0 Å². The first-order chi connectivity index (χ1) is 16.8. The normalized spacial score (nSPS) is 17.1. The second-order valence-electron chi connectivity index (χ2n) is 9.01. The molecule has 2 fully saturated rings. The number of nitrogens with zero attached hydrogens (tertiary/aromatic N) is 5. The van der Waals surface area contributed by atoms with Crippen molar-refractivity contribution in [1.29, 1.82) is 0 Å². The minimum Gasteiger partial charge on any atom is -0.449 e. The molecule has 35 heavy (non-hydrogen) atoms. The zero-order chi connectivity index (χ0) is 24.6. The van der Waals surface area contributed by atoms with Crippen LogP contribution in [-0.4, -0.2) is 70.4 Å². The van der Waals surface area contributed by atoms with Gasteiger partial charge in [0.15, 0.2) is 15.5 Å². The number of thioether (sulfide) groups is 1. The highest BCUT2D eigenvalue weighted by atomic mass is 32.2. The van der Waals surface area contributed by atoms with Gasteiger partial charge in [0.05, 0.1) is 23.1 Å². The minimum absolute atomic E-state index is 0.0979. The maximum Gasteiger partial charge on any atom is 0.409 e. The summed E-state index contributed by atoms with van der Waals surface area (Å²) >= 11 is 1.60. The highest BCUT2D eigenvalue weighted by Crippen LogP contribution is 2.34. The Morgan fingerprint density at radius 1 is 1.20 bits per heavy atom. The third kappa shape index (κ3) is 5.43. The molecule has 1 aromatic carbocycles. The molecule has 186 valence electrons. The van der Waals surface area contributed by atoms with Gasteiger partial charge in [-0.05, 0) is 43.4 Å². The van der Waals surface area contributed by atoms with E-state index in [0.29, 0.717) is 30.7 Å². The quantitative estimate of drug-likeness (QED) is 0.433. The van der Waals surface area contributed by atoms with Crippen LogP contribution >= 0.6 is 11.8 Å². The van der Waals surface area contributed by atoms with Gasteiger partial charge >= 0.3 is 6.09 Å². The lowest BCUT2D eigenvalue weighted by Crippen LogP contribution is -2.39. The van der Waals surface area contributed by atoms with Crippen LogP contribution in [0, 0.1) is 11.7 Å². The van der Waals surface area contributed by atoms with Crippen molar-refractivity contribution in [1.82, 2.24) is 24.6 Å². The van der Waals surface area contributed by atoms with Gasteiger partial charge in [0.25, 0.3) is 0 Å². The van der Waals surface area contributed by atoms with E-state index in [1.807, 2.05) is 0 Å². The standard InChI is InChI=1S/C23H26FN5O4S2/c1-35(31,32)17-4-5-20(19(24)12-17)29-21-18(13-27-29)22(26-14-25-21)34-16-6-9-28(10-7-16)23(30)33-11-8-15-2-3-15/h4-5,12-16H,2-3,6-11H2,1H3. The van der Waals surface area contributed by atoms with Gasteiger partial charge in [-0.2, -0.15) is 5.10 Å². The summed E-state index contributed by atoms with van der Waals surface area (Å²) in [4.78, 5) is 22.6. The van der Waals surface area contributed by atoms with E-state index in [2.05, 4.69) is 15.1 Å². The van der Waals surface area contributed by atoms with Crippen molar-refractivity contribution in [3.8, 4) is 5.69 Å². The third-order valence-electron chi connectivity index (χ3n) is 6.33. The molecule has 1 aliphatic heterocycles. The predicted molar refractivity (Wildman–Crippen MR) is 129 cm³/mol. The van der Waals surface area contributed by atoms with Gasteiger partial charge in [0.2, 0.25) is 0 Å². The fraction of sp³-hybridized carbons (Fsp3) is 0.478. The molecule has 0 unspecified atom stereocenters. The summed E-state index contributed by atoms with van der Waals surface area (Å²) in [5.41, 5.74) is 0.542. The fourth-order valence-electron chi connectivity index (χ4n) is 4.11. The summed E-state index contributed by atoms with van der Waals surface area (Å²) < 4.78 is 44.9. The van der Waals surface area contributed by atoms with Crippen LogP contribution < -0.4 is 0 Å². The molecule has 0 atom stereocenters. The maximum absolute atomic E-state index is 14.8. The van der Waals surface area contributed by atoms with Crippen LogP contribution in [0.4, 0.5) is 9.18 Å². The van der Waals surface area contributed by atoms with Crippen molar-refractivity contribution < 1.29 is 22.3 Å². The third-order valence-corrected chi connectivity index (χ3v) is 8.80. The number of likely N-dealkylation sites (tertiary alicyclic amines) is 1. The van der Waals surface area contributed by atoms with Crippen LogP contribution in [0.15, 0.2) is 40.6 Å². The van der Waals surface area contributed by atoms with Crippen LogP contribution in [0.3, 0.4) is 0 Å².